The molecule has 2 aliphatic heterocycles. The Morgan fingerprint density at radius 2 is 1.60 bits per heavy atom. The number of hydrogen-bond acceptors (Lipinski definition) is 4. The molecule has 40 heavy (non-hydrogen) atoms. The van der Waals surface area contributed by atoms with Gasteiger partial charge in [-0.25, -0.2) is 9.18 Å². The van der Waals surface area contributed by atoms with Gasteiger partial charge in [0.15, 0.2) is 0 Å². The topological polar surface area (TPSA) is 76.2 Å². The molecule has 0 bridgehead atoms. The first-order valence-electron chi connectivity index (χ1n) is 13.7. The minimum atomic E-state index is -0.763. The zero-order chi connectivity index (χ0) is 28.1. The third kappa shape index (κ3) is 5.84. The Hall–Kier alpha value is -4.24. The van der Waals surface area contributed by atoms with Crippen molar-refractivity contribution in [2.75, 3.05) is 19.6 Å². The number of hydrazine groups is 1. The summed E-state index contributed by atoms with van der Waals surface area (Å²) in [4.78, 5) is 44.0. The molecule has 2 fully saturated rings. The highest BCUT2D eigenvalue weighted by Crippen LogP contribution is 2.30. The summed E-state index contributed by atoms with van der Waals surface area (Å²) in [5.41, 5.74) is 2.29. The summed E-state index contributed by atoms with van der Waals surface area (Å²) in [5.74, 6) is -0.819. The maximum absolute atomic E-state index is 14.6. The molecular weight excluding hydrogens is 509 g/mol. The average molecular weight is 544 g/mol. The van der Waals surface area contributed by atoms with E-state index in [0.29, 0.717) is 31.5 Å². The van der Waals surface area contributed by atoms with E-state index in [2.05, 4.69) is 5.32 Å². The van der Waals surface area contributed by atoms with Gasteiger partial charge in [0, 0.05) is 31.6 Å². The summed E-state index contributed by atoms with van der Waals surface area (Å²) < 4.78 is 14.6. The quantitative estimate of drug-likeness (QED) is 0.446. The van der Waals surface area contributed by atoms with E-state index < -0.39 is 12.2 Å². The van der Waals surface area contributed by atoms with Crippen LogP contribution in [0.1, 0.15) is 30.0 Å². The fourth-order valence-electron chi connectivity index (χ4n) is 5.48. The normalized spacial score (nSPS) is 19.1. The SMILES string of the molecule is CCCN(C(=O)NCc1ccccc1)N1CC(=O)N2[C@@H](Cc3ccccc3)C(=O)N(Cc3ccccc3F)C[C@@H]21. The molecule has 0 saturated carbocycles. The van der Waals surface area contributed by atoms with Gasteiger partial charge in [-0.2, -0.15) is 5.01 Å². The Bertz CT molecular complexity index is 1340. The minimum Gasteiger partial charge on any atom is -0.333 e. The van der Waals surface area contributed by atoms with Gasteiger partial charge >= 0.3 is 6.03 Å². The van der Waals surface area contributed by atoms with E-state index in [1.54, 1.807) is 38.0 Å². The molecule has 208 valence electrons. The second-order valence-corrected chi connectivity index (χ2v) is 10.2. The monoisotopic (exact) mass is 543 g/mol. The standard InChI is InChI=1S/C31H34FN5O3/c1-2-17-35(31(40)33-19-24-13-7-4-8-14-24)36-22-29(38)37-27(18-23-11-5-3-6-12-23)30(39)34(21-28(36)37)20-25-15-9-10-16-26(25)32/h3-16,27-28H,2,17-22H2,1H3,(H,33,40)/t27-,28+/m0/s1. The Kier molecular flexibility index (Phi) is 8.40. The number of nitrogens with zero attached hydrogens (tertiary/aromatic N) is 4. The van der Waals surface area contributed by atoms with Crippen LogP contribution in [0.25, 0.3) is 0 Å². The average Bonchev–Trinajstić information content (AvgIpc) is 3.30. The number of hydrogen-bond donors (Lipinski definition) is 1. The van der Waals surface area contributed by atoms with E-state index in [1.807, 2.05) is 67.6 Å². The predicted octanol–water partition coefficient (Wildman–Crippen LogP) is 3.79. The van der Waals surface area contributed by atoms with Crippen molar-refractivity contribution in [2.24, 2.45) is 0 Å². The Balaban J connectivity index is 1.43. The number of nitrogens with one attached hydrogen (secondary N) is 1. The lowest BCUT2D eigenvalue weighted by Crippen LogP contribution is -2.66. The van der Waals surface area contributed by atoms with Crippen molar-refractivity contribution < 1.29 is 18.8 Å². The Labute approximate surface area is 233 Å². The highest BCUT2D eigenvalue weighted by Gasteiger charge is 2.52. The lowest BCUT2D eigenvalue weighted by molar-refractivity contribution is -0.157. The van der Waals surface area contributed by atoms with Gasteiger partial charge in [0.2, 0.25) is 11.8 Å². The van der Waals surface area contributed by atoms with Crippen molar-refractivity contribution in [1.82, 2.24) is 25.1 Å². The zero-order valence-corrected chi connectivity index (χ0v) is 22.6. The van der Waals surface area contributed by atoms with Gasteiger partial charge in [0.1, 0.15) is 18.0 Å². The van der Waals surface area contributed by atoms with Crippen LogP contribution < -0.4 is 5.32 Å². The van der Waals surface area contributed by atoms with Crippen LogP contribution >= 0.6 is 0 Å². The summed E-state index contributed by atoms with van der Waals surface area (Å²) in [5, 5.41) is 6.33. The molecule has 2 heterocycles. The summed E-state index contributed by atoms with van der Waals surface area (Å²) in [7, 11) is 0. The van der Waals surface area contributed by atoms with Crippen molar-refractivity contribution >= 4 is 17.8 Å². The van der Waals surface area contributed by atoms with Crippen LogP contribution in [0, 0.1) is 5.82 Å². The summed E-state index contributed by atoms with van der Waals surface area (Å²) >= 11 is 0. The third-order valence-corrected chi connectivity index (χ3v) is 7.42. The first kappa shape index (κ1) is 27.3. The lowest BCUT2D eigenvalue weighted by atomic mass is 10.00. The van der Waals surface area contributed by atoms with Gasteiger partial charge in [0.25, 0.3) is 0 Å². The van der Waals surface area contributed by atoms with Crippen LogP contribution in [0.5, 0.6) is 0 Å². The fourth-order valence-corrected chi connectivity index (χ4v) is 5.48. The van der Waals surface area contributed by atoms with Crippen LogP contribution in [-0.2, 0) is 29.1 Å². The number of amides is 4. The number of piperazine rings is 1. The van der Waals surface area contributed by atoms with Crippen molar-refractivity contribution in [3.05, 3.63) is 107 Å². The van der Waals surface area contributed by atoms with Gasteiger partial charge in [-0.3, -0.25) is 14.6 Å². The highest BCUT2D eigenvalue weighted by molar-refractivity contribution is 5.91. The smallest absolute Gasteiger partial charge is 0.332 e. The van der Waals surface area contributed by atoms with Gasteiger partial charge in [-0.05, 0) is 23.6 Å². The van der Waals surface area contributed by atoms with Gasteiger partial charge in [0.05, 0.1) is 13.1 Å². The van der Waals surface area contributed by atoms with E-state index in [-0.39, 0.29) is 43.3 Å². The largest absolute Gasteiger partial charge is 0.333 e. The molecule has 8 nitrogen and oxygen atoms in total. The maximum Gasteiger partial charge on any atom is 0.332 e. The van der Waals surface area contributed by atoms with Crippen molar-refractivity contribution in [1.29, 1.82) is 0 Å². The molecule has 2 aliphatic rings. The van der Waals surface area contributed by atoms with Gasteiger partial charge in [-0.1, -0.05) is 85.8 Å². The number of carbonyl (C=O) groups excluding carboxylic acids is 3. The van der Waals surface area contributed by atoms with E-state index in [4.69, 9.17) is 0 Å². The maximum atomic E-state index is 14.6. The first-order chi connectivity index (χ1) is 19.5. The highest BCUT2D eigenvalue weighted by atomic mass is 19.1. The molecule has 3 aromatic carbocycles. The predicted molar refractivity (Wildman–Crippen MR) is 149 cm³/mol. The Morgan fingerprint density at radius 3 is 2.27 bits per heavy atom. The van der Waals surface area contributed by atoms with E-state index in [0.717, 1.165) is 11.1 Å². The van der Waals surface area contributed by atoms with Crippen molar-refractivity contribution in [3.63, 3.8) is 0 Å². The van der Waals surface area contributed by atoms with Crippen molar-refractivity contribution in [2.45, 2.75) is 45.1 Å². The molecule has 3 aromatic rings. The number of halogens is 1. The number of fused-ring (bicyclic) bond motifs is 1. The molecule has 2 saturated heterocycles. The summed E-state index contributed by atoms with van der Waals surface area (Å²) in [6.45, 7) is 2.96. The minimum absolute atomic E-state index is 0.0183. The molecule has 4 amide bonds. The lowest BCUT2D eigenvalue weighted by Gasteiger charge is -2.46. The van der Waals surface area contributed by atoms with Crippen LogP contribution in [0.3, 0.4) is 0 Å². The van der Waals surface area contributed by atoms with Gasteiger partial charge in [-0.15, -0.1) is 0 Å². The number of urea groups is 1. The van der Waals surface area contributed by atoms with Crippen molar-refractivity contribution in [3.8, 4) is 0 Å². The molecule has 1 N–H and O–H groups in total. The van der Waals surface area contributed by atoms with E-state index in [1.165, 1.54) is 6.07 Å². The van der Waals surface area contributed by atoms with Gasteiger partial charge < -0.3 is 15.1 Å². The second kappa shape index (κ2) is 12.3. The number of carbonyl (C=O) groups is 3. The molecule has 9 heteroatoms. The third-order valence-electron chi connectivity index (χ3n) is 7.42. The van der Waals surface area contributed by atoms with Crippen LogP contribution in [0.2, 0.25) is 0 Å². The van der Waals surface area contributed by atoms with Crippen LogP contribution in [0.4, 0.5) is 9.18 Å². The molecular formula is C31H34FN5O3. The molecule has 2 atom stereocenters. The zero-order valence-electron chi connectivity index (χ0n) is 22.6. The second-order valence-electron chi connectivity index (χ2n) is 10.2. The van der Waals surface area contributed by atoms with Crippen LogP contribution in [0.15, 0.2) is 84.9 Å². The molecule has 0 spiro atoms. The number of rotatable bonds is 9. The van der Waals surface area contributed by atoms with Crippen LogP contribution in [-0.4, -0.2) is 69.5 Å². The fraction of sp³-hybridized carbons (Fsp3) is 0.323. The summed E-state index contributed by atoms with van der Waals surface area (Å²) in [6.07, 6.45) is 0.457. The molecule has 0 aromatic heterocycles. The number of benzene rings is 3. The van der Waals surface area contributed by atoms with E-state index >= 15 is 0 Å². The van der Waals surface area contributed by atoms with E-state index in [9.17, 15) is 18.8 Å². The molecule has 0 unspecified atom stereocenters. The summed E-state index contributed by atoms with van der Waals surface area (Å²) in [6, 6.07) is 24.5. The Morgan fingerprint density at radius 1 is 0.950 bits per heavy atom. The molecule has 0 aliphatic carbocycles. The molecule has 0 radical (unpaired) electrons. The molecule has 5 rings (SSSR count). The first-order valence-corrected chi connectivity index (χ1v) is 13.7.